The van der Waals surface area contributed by atoms with Crippen molar-refractivity contribution in [3.8, 4) is 0 Å². The third kappa shape index (κ3) is 4.33. The van der Waals surface area contributed by atoms with E-state index in [-0.39, 0.29) is 0 Å². The van der Waals surface area contributed by atoms with Crippen molar-refractivity contribution in [2.24, 2.45) is 16.6 Å². The van der Waals surface area contributed by atoms with Gasteiger partial charge in [0.15, 0.2) is 5.17 Å². The molecule has 14 heavy (non-hydrogen) atoms. The summed E-state index contributed by atoms with van der Waals surface area (Å²) in [6, 6.07) is 0. The number of aliphatic hydroxyl groups is 1. The first-order valence-corrected chi connectivity index (χ1v) is 6.50. The molecule has 0 amide bonds. The molecule has 3 N–H and O–H groups in total. The molecule has 1 rings (SSSR count). The van der Waals surface area contributed by atoms with E-state index in [4.69, 9.17) is 5.73 Å². The van der Waals surface area contributed by atoms with Crippen LogP contribution in [0.25, 0.3) is 0 Å². The van der Waals surface area contributed by atoms with Crippen molar-refractivity contribution in [1.82, 2.24) is 0 Å². The summed E-state index contributed by atoms with van der Waals surface area (Å²) in [5.41, 5.74) is 5.53. The molecular weight excluding hydrogens is 196 g/mol. The van der Waals surface area contributed by atoms with Crippen LogP contribution in [0.3, 0.4) is 0 Å². The molecule has 0 aromatic rings. The molecule has 0 heterocycles. The van der Waals surface area contributed by atoms with E-state index in [1.807, 2.05) is 6.26 Å². The molecule has 0 radical (unpaired) electrons. The van der Waals surface area contributed by atoms with Gasteiger partial charge in [0.25, 0.3) is 0 Å². The highest BCUT2D eigenvalue weighted by Gasteiger charge is 2.16. The van der Waals surface area contributed by atoms with Gasteiger partial charge in [-0.3, -0.25) is 0 Å². The number of thioether (sulfide) groups is 1. The van der Waals surface area contributed by atoms with E-state index in [0.29, 0.717) is 11.1 Å². The Hall–Kier alpha value is -0.220. The average molecular weight is 216 g/mol. The Balaban J connectivity index is 2.28. The number of amidine groups is 1. The summed E-state index contributed by atoms with van der Waals surface area (Å²) in [4.78, 5) is 4.00. The first-order chi connectivity index (χ1) is 6.72. The van der Waals surface area contributed by atoms with Gasteiger partial charge in [-0.15, -0.1) is 0 Å². The highest BCUT2D eigenvalue weighted by molar-refractivity contribution is 8.13. The second kappa shape index (κ2) is 6.30. The maximum Gasteiger partial charge on any atom is 0.156 e. The van der Waals surface area contributed by atoms with Crippen molar-refractivity contribution in [2.75, 3.05) is 6.26 Å². The van der Waals surface area contributed by atoms with Crippen LogP contribution in [0.2, 0.25) is 0 Å². The Kier molecular flexibility index (Phi) is 5.33. The zero-order valence-electron chi connectivity index (χ0n) is 8.78. The fraction of sp³-hybridized carbons (Fsp3) is 0.900. The van der Waals surface area contributed by atoms with Gasteiger partial charge in [0.2, 0.25) is 0 Å². The molecule has 0 aromatic heterocycles. The van der Waals surface area contributed by atoms with Crippen LogP contribution in [0.5, 0.6) is 0 Å². The maximum atomic E-state index is 9.62. The van der Waals surface area contributed by atoms with Crippen molar-refractivity contribution >= 4 is 16.9 Å². The van der Waals surface area contributed by atoms with E-state index in [2.05, 4.69) is 4.99 Å². The number of hydrogen-bond acceptors (Lipinski definition) is 3. The molecule has 82 valence electrons. The topological polar surface area (TPSA) is 58.6 Å². The number of rotatable bonds is 3. The van der Waals surface area contributed by atoms with Crippen LogP contribution in [-0.4, -0.2) is 22.8 Å². The van der Waals surface area contributed by atoms with Gasteiger partial charge in [-0.25, -0.2) is 4.99 Å². The van der Waals surface area contributed by atoms with Crippen LogP contribution in [0, 0.1) is 5.92 Å². The molecule has 1 atom stereocenters. The molecule has 1 aliphatic rings. The van der Waals surface area contributed by atoms with E-state index in [1.165, 1.54) is 43.9 Å². The second-order valence-corrected chi connectivity index (χ2v) is 4.72. The lowest BCUT2D eigenvalue weighted by Gasteiger charge is -2.22. The average Bonchev–Trinajstić information content (AvgIpc) is 2.19. The van der Waals surface area contributed by atoms with Gasteiger partial charge in [-0.05, 0) is 18.6 Å². The van der Waals surface area contributed by atoms with Gasteiger partial charge < -0.3 is 10.8 Å². The predicted molar refractivity (Wildman–Crippen MR) is 62.3 cm³/mol. The van der Waals surface area contributed by atoms with Crippen molar-refractivity contribution in [3.63, 3.8) is 0 Å². The van der Waals surface area contributed by atoms with Crippen molar-refractivity contribution in [2.45, 2.75) is 44.8 Å². The fourth-order valence-electron chi connectivity index (χ4n) is 1.97. The van der Waals surface area contributed by atoms with Crippen molar-refractivity contribution < 1.29 is 5.11 Å². The SMILES string of the molecule is CSC(N)=NC(O)CC1CCCCC1. The van der Waals surface area contributed by atoms with E-state index in [1.54, 1.807) is 0 Å². The molecule has 0 spiro atoms. The van der Waals surface area contributed by atoms with Gasteiger partial charge >= 0.3 is 0 Å². The summed E-state index contributed by atoms with van der Waals surface area (Å²) in [6.45, 7) is 0. The Morgan fingerprint density at radius 1 is 1.50 bits per heavy atom. The lowest BCUT2D eigenvalue weighted by atomic mass is 9.86. The minimum atomic E-state index is -0.592. The number of nitrogens with two attached hydrogens (primary N) is 1. The number of aliphatic hydroxyl groups excluding tert-OH is 1. The van der Waals surface area contributed by atoms with Crippen LogP contribution in [0.15, 0.2) is 4.99 Å². The molecule has 1 fully saturated rings. The second-order valence-electron chi connectivity index (χ2n) is 3.89. The van der Waals surface area contributed by atoms with E-state index >= 15 is 0 Å². The fourth-order valence-corrected chi connectivity index (χ4v) is 2.20. The predicted octanol–water partition coefficient (Wildman–Crippen LogP) is 1.95. The molecule has 0 aromatic carbocycles. The minimum Gasteiger partial charge on any atom is -0.378 e. The number of aliphatic imine (C=N–C) groups is 1. The third-order valence-corrected chi connectivity index (χ3v) is 3.28. The highest BCUT2D eigenvalue weighted by Crippen LogP contribution is 2.27. The Morgan fingerprint density at radius 3 is 2.71 bits per heavy atom. The summed E-state index contributed by atoms with van der Waals surface area (Å²) < 4.78 is 0. The molecule has 1 unspecified atom stereocenters. The first-order valence-electron chi connectivity index (χ1n) is 5.27. The smallest absolute Gasteiger partial charge is 0.156 e. The molecule has 3 nitrogen and oxygen atoms in total. The molecule has 1 aliphatic carbocycles. The normalized spacial score (nSPS) is 22.3. The quantitative estimate of drug-likeness (QED) is 0.560. The zero-order chi connectivity index (χ0) is 10.4. The van der Waals surface area contributed by atoms with Gasteiger partial charge in [0.1, 0.15) is 6.23 Å². The number of hydrogen-bond donors (Lipinski definition) is 2. The Bertz CT molecular complexity index is 191. The third-order valence-electron chi connectivity index (χ3n) is 2.75. The Morgan fingerprint density at radius 2 is 2.14 bits per heavy atom. The number of nitrogens with zero attached hydrogens (tertiary/aromatic N) is 1. The molecule has 4 heteroatoms. The summed E-state index contributed by atoms with van der Waals surface area (Å²) >= 11 is 1.38. The van der Waals surface area contributed by atoms with E-state index < -0.39 is 6.23 Å². The lowest BCUT2D eigenvalue weighted by molar-refractivity contribution is 0.138. The first kappa shape index (κ1) is 11.9. The minimum absolute atomic E-state index is 0.480. The standard InChI is InChI=1S/C10H20N2OS/c1-14-10(11)12-9(13)7-8-5-3-2-4-6-8/h8-9,13H,2-7H2,1H3,(H2,11,12). The highest BCUT2D eigenvalue weighted by atomic mass is 32.2. The zero-order valence-corrected chi connectivity index (χ0v) is 9.59. The van der Waals surface area contributed by atoms with Gasteiger partial charge in [-0.1, -0.05) is 43.9 Å². The van der Waals surface area contributed by atoms with Crippen molar-refractivity contribution in [1.29, 1.82) is 0 Å². The van der Waals surface area contributed by atoms with E-state index in [9.17, 15) is 5.11 Å². The van der Waals surface area contributed by atoms with Crippen LogP contribution in [-0.2, 0) is 0 Å². The van der Waals surface area contributed by atoms with Crippen molar-refractivity contribution in [3.05, 3.63) is 0 Å². The summed E-state index contributed by atoms with van der Waals surface area (Å²) in [7, 11) is 0. The molecule has 0 saturated heterocycles. The largest absolute Gasteiger partial charge is 0.378 e. The summed E-state index contributed by atoms with van der Waals surface area (Å²) in [5, 5.41) is 10.1. The van der Waals surface area contributed by atoms with Crippen LogP contribution in [0.1, 0.15) is 38.5 Å². The van der Waals surface area contributed by atoms with Gasteiger partial charge in [0, 0.05) is 0 Å². The van der Waals surface area contributed by atoms with Crippen LogP contribution >= 0.6 is 11.8 Å². The lowest BCUT2D eigenvalue weighted by Crippen LogP contribution is -2.17. The van der Waals surface area contributed by atoms with E-state index in [0.717, 1.165) is 6.42 Å². The molecule has 1 saturated carbocycles. The maximum absolute atomic E-state index is 9.62. The van der Waals surface area contributed by atoms with Gasteiger partial charge in [0.05, 0.1) is 0 Å². The van der Waals surface area contributed by atoms with Crippen LogP contribution < -0.4 is 5.73 Å². The Labute approximate surface area is 90.2 Å². The molecular formula is C10H20N2OS. The molecule has 0 aliphatic heterocycles. The summed E-state index contributed by atoms with van der Waals surface area (Å²) in [5.74, 6) is 0.650. The van der Waals surface area contributed by atoms with Gasteiger partial charge in [-0.2, -0.15) is 0 Å². The molecule has 0 bridgehead atoms. The van der Waals surface area contributed by atoms with Crippen LogP contribution in [0.4, 0.5) is 0 Å². The summed E-state index contributed by atoms with van der Waals surface area (Å²) in [6.07, 6.45) is 8.50. The monoisotopic (exact) mass is 216 g/mol.